The summed E-state index contributed by atoms with van der Waals surface area (Å²) in [5.41, 5.74) is 2.16. The molecule has 5 aliphatic carbocycles. The van der Waals surface area contributed by atoms with Gasteiger partial charge in [0.25, 0.3) is 0 Å². The van der Waals surface area contributed by atoms with Crippen molar-refractivity contribution in [1.82, 2.24) is 14.9 Å². The normalized spacial score (nSPS) is 33.4. The van der Waals surface area contributed by atoms with Crippen molar-refractivity contribution in [3.63, 3.8) is 0 Å². The Labute approximate surface area is 191 Å². The third-order valence-corrected chi connectivity index (χ3v) is 9.26. The highest BCUT2D eigenvalue weighted by Gasteiger charge is 2.51. The lowest BCUT2D eigenvalue weighted by Gasteiger charge is -2.56. The number of fused-ring (bicyclic) bond motifs is 1. The van der Waals surface area contributed by atoms with Crippen molar-refractivity contribution in [3.8, 4) is 0 Å². The van der Waals surface area contributed by atoms with Crippen molar-refractivity contribution in [3.05, 3.63) is 17.6 Å². The molecule has 6 nitrogen and oxygen atoms in total. The molecule has 6 aliphatic rings. The number of hydrogen-bond acceptors (Lipinski definition) is 4. The molecular weight excluding hydrogens is 400 g/mol. The van der Waals surface area contributed by atoms with Crippen LogP contribution in [0.15, 0.2) is 6.33 Å². The van der Waals surface area contributed by atoms with E-state index in [0.29, 0.717) is 37.7 Å². The summed E-state index contributed by atoms with van der Waals surface area (Å²) in [4.78, 5) is 36.8. The summed E-state index contributed by atoms with van der Waals surface area (Å²) in [6.45, 7) is 1.24. The first-order valence-corrected chi connectivity index (χ1v) is 13.0. The molecule has 0 radical (unpaired) electrons. The van der Waals surface area contributed by atoms with E-state index in [9.17, 15) is 9.59 Å². The molecule has 1 N–H and O–H groups in total. The number of carbonyl (C=O) groups is 2. The number of hydrogen-bond donors (Lipinski definition) is 1. The Morgan fingerprint density at radius 1 is 1.03 bits per heavy atom. The summed E-state index contributed by atoms with van der Waals surface area (Å²) in [6, 6.07) is 0. The van der Waals surface area contributed by atoms with Crippen LogP contribution in [0.1, 0.15) is 88.3 Å². The van der Waals surface area contributed by atoms with Gasteiger partial charge in [0.15, 0.2) is 0 Å². The Hall–Kier alpha value is -1.98. The van der Waals surface area contributed by atoms with Crippen LogP contribution >= 0.6 is 0 Å². The number of amides is 2. The van der Waals surface area contributed by atoms with Gasteiger partial charge in [0, 0.05) is 24.9 Å². The second-order valence-electron chi connectivity index (χ2n) is 11.7. The van der Waals surface area contributed by atoms with Gasteiger partial charge in [0.2, 0.25) is 11.8 Å². The zero-order valence-electron chi connectivity index (χ0n) is 19.2. The van der Waals surface area contributed by atoms with Crippen molar-refractivity contribution < 1.29 is 9.59 Å². The summed E-state index contributed by atoms with van der Waals surface area (Å²) in [6.07, 6.45) is 16.4. The van der Waals surface area contributed by atoms with Gasteiger partial charge in [-0.3, -0.25) is 9.59 Å². The van der Waals surface area contributed by atoms with Crippen molar-refractivity contribution >= 4 is 17.6 Å². The zero-order valence-corrected chi connectivity index (χ0v) is 19.2. The Kier molecular flexibility index (Phi) is 5.22. The Morgan fingerprint density at radius 2 is 1.72 bits per heavy atom. The molecule has 4 bridgehead atoms. The van der Waals surface area contributed by atoms with Crippen LogP contribution in [0.4, 0.5) is 5.82 Å². The van der Waals surface area contributed by atoms with Crippen molar-refractivity contribution in [1.29, 1.82) is 0 Å². The van der Waals surface area contributed by atoms with Gasteiger partial charge in [-0.1, -0.05) is 12.8 Å². The summed E-state index contributed by atoms with van der Waals surface area (Å²) < 4.78 is 0. The second-order valence-corrected chi connectivity index (χ2v) is 11.7. The fraction of sp³-hybridized carbons (Fsp3) is 0.769. The maximum atomic E-state index is 13.1. The molecule has 0 saturated heterocycles. The fourth-order valence-electron chi connectivity index (χ4n) is 8.29. The van der Waals surface area contributed by atoms with Crippen LogP contribution in [0.25, 0.3) is 0 Å². The molecule has 32 heavy (non-hydrogen) atoms. The van der Waals surface area contributed by atoms with Crippen molar-refractivity contribution in [2.75, 3.05) is 11.9 Å². The zero-order chi connectivity index (χ0) is 21.7. The van der Waals surface area contributed by atoms with E-state index in [2.05, 4.69) is 15.3 Å². The maximum Gasteiger partial charge on any atom is 0.226 e. The number of nitrogens with zero attached hydrogens (tertiary/aromatic N) is 3. The maximum absolute atomic E-state index is 13.1. The summed E-state index contributed by atoms with van der Waals surface area (Å²) >= 11 is 0. The van der Waals surface area contributed by atoms with E-state index >= 15 is 0 Å². The topological polar surface area (TPSA) is 75.2 Å². The molecule has 0 aromatic carbocycles. The average molecular weight is 437 g/mol. The summed E-state index contributed by atoms with van der Waals surface area (Å²) in [5.74, 6) is 4.18. The molecule has 7 rings (SSSR count). The molecule has 2 amide bonds. The molecule has 6 heteroatoms. The van der Waals surface area contributed by atoms with E-state index < -0.39 is 0 Å². The highest BCUT2D eigenvalue weighted by atomic mass is 16.2. The minimum atomic E-state index is 0.118. The summed E-state index contributed by atoms with van der Waals surface area (Å²) in [7, 11) is 0. The highest BCUT2D eigenvalue weighted by molar-refractivity contribution is 5.91. The van der Waals surface area contributed by atoms with Gasteiger partial charge >= 0.3 is 0 Å². The largest absolute Gasteiger partial charge is 0.336 e. The molecule has 172 valence electrons. The predicted molar refractivity (Wildman–Crippen MR) is 122 cm³/mol. The molecule has 1 aromatic rings. The molecule has 1 aromatic heterocycles. The van der Waals surface area contributed by atoms with E-state index in [1.165, 1.54) is 64.2 Å². The standard InChI is InChI=1S/C26H36N4O2/c31-23(14-26-11-18-7-19(12-26)9-20(8-18)13-26)29-25-21-5-6-30(15-22(21)27-16-28-25)24(32)10-17-3-1-2-4-17/h16-20H,1-15H2,(H,27,28,29,31). The lowest BCUT2D eigenvalue weighted by Crippen LogP contribution is -2.47. The number of aromatic nitrogens is 2. The predicted octanol–water partition coefficient (Wildman–Crippen LogP) is 4.49. The van der Waals surface area contributed by atoms with Crippen LogP contribution in [0.5, 0.6) is 0 Å². The van der Waals surface area contributed by atoms with Gasteiger partial charge in [-0.25, -0.2) is 9.97 Å². The molecular formula is C26H36N4O2. The minimum absolute atomic E-state index is 0.118. The third-order valence-electron chi connectivity index (χ3n) is 9.26. The van der Waals surface area contributed by atoms with Crippen molar-refractivity contribution in [2.45, 2.75) is 90.0 Å². The SMILES string of the molecule is O=C(CC12CC3CC(CC(C3)C1)C2)Nc1ncnc2c1CCN(C(=O)CC1CCCC1)C2. The van der Waals surface area contributed by atoms with E-state index in [1.807, 2.05) is 4.90 Å². The van der Waals surface area contributed by atoms with E-state index in [0.717, 1.165) is 35.4 Å². The first-order valence-electron chi connectivity index (χ1n) is 13.0. The Balaban J connectivity index is 1.10. The quantitative estimate of drug-likeness (QED) is 0.738. The lowest BCUT2D eigenvalue weighted by atomic mass is 9.49. The van der Waals surface area contributed by atoms with Gasteiger partial charge in [0.05, 0.1) is 12.2 Å². The minimum Gasteiger partial charge on any atom is -0.336 e. The third kappa shape index (κ3) is 3.94. The lowest BCUT2D eigenvalue weighted by molar-refractivity contribution is -0.133. The van der Waals surface area contributed by atoms with Gasteiger partial charge in [0.1, 0.15) is 12.1 Å². The monoisotopic (exact) mass is 436 g/mol. The second kappa shape index (κ2) is 8.11. The molecule has 5 saturated carbocycles. The van der Waals surface area contributed by atoms with E-state index in [1.54, 1.807) is 6.33 Å². The summed E-state index contributed by atoms with van der Waals surface area (Å²) in [5, 5.41) is 3.15. The molecule has 5 fully saturated rings. The van der Waals surface area contributed by atoms with E-state index in [4.69, 9.17) is 0 Å². The first kappa shape index (κ1) is 20.6. The van der Waals surface area contributed by atoms with Gasteiger partial charge in [-0.2, -0.15) is 0 Å². The van der Waals surface area contributed by atoms with Gasteiger partial charge in [-0.15, -0.1) is 0 Å². The first-order chi connectivity index (χ1) is 15.6. The number of nitrogens with one attached hydrogen (secondary N) is 1. The number of rotatable bonds is 5. The fourth-order valence-corrected chi connectivity index (χ4v) is 8.29. The molecule has 2 heterocycles. The van der Waals surface area contributed by atoms with E-state index in [-0.39, 0.29) is 17.2 Å². The smallest absolute Gasteiger partial charge is 0.226 e. The number of anilines is 1. The van der Waals surface area contributed by atoms with Crippen LogP contribution in [0.2, 0.25) is 0 Å². The molecule has 1 aliphatic heterocycles. The highest BCUT2D eigenvalue weighted by Crippen LogP contribution is 2.61. The van der Waals surface area contributed by atoms with Crippen LogP contribution in [0, 0.1) is 29.1 Å². The molecule has 0 unspecified atom stereocenters. The average Bonchev–Trinajstić information content (AvgIpc) is 3.25. The van der Waals surface area contributed by atoms with Gasteiger partial charge in [-0.05, 0) is 86.9 Å². The van der Waals surface area contributed by atoms with Gasteiger partial charge < -0.3 is 10.2 Å². The molecule has 0 spiro atoms. The Morgan fingerprint density at radius 3 is 2.41 bits per heavy atom. The number of carbonyl (C=O) groups excluding carboxylic acids is 2. The van der Waals surface area contributed by atoms with Crippen LogP contribution in [-0.4, -0.2) is 33.2 Å². The Bertz CT molecular complexity index is 872. The van der Waals surface area contributed by atoms with Crippen LogP contribution in [0.3, 0.4) is 0 Å². The molecule has 0 atom stereocenters. The van der Waals surface area contributed by atoms with Crippen LogP contribution < -0.4 is 5.32 Å². The van der Waals surface area contributed by atoms with Crippen molar-refractivity contribution in [2.24, 2.45) is 29.1 Å². The van der Waals surface area contributed by atoms with Crippen LogP contribution in [-0.2, 0) is 22.6 Å².